The van der Waals surface area contributed by atoms with Crippen LogP contribution in [0.3, 0.4) is 0 Å². The molecule has 0 spiro atoms. The lowest BCUT2D eigenvalue weighted by Gasteiger charge is -2.23. The predicted molar refractivity (Wildman–Crippen MR) is 86.9 cm³/mol. The van der Waals surface area contributed by atoms with Gasteiger partial charge in [-0.15, -0.1) is 0 Å². The normalized spacial score (nSPS) is 13.7. The zero-order chi connectivity index (χ0) is 16.2. The highest BCUT2D eigenvalue weighted by Gasteiger charge is 2.33. The van der Waals surface area contributed by atoms with Crippen molar-refractivity contribution in [1.29, 1.82) is 0 Å². The number of ether oxygens (including phenoxy) is 1. The molecule has 2 aromatic carbocycles. The lowest BCUT2D eigenvalue weighted by Crippen LogP contribution is -2.32. The van der Waals surface area contributed by atoms with Crippen LogP contribution in [0.5, 0.6) is 5.75 Å². The van der Waals surface area contributed by atoms with Gasteiger partial charge in [-0.05, 0) is 61.7 Å². The molecule has 0 saturated heterocycles. The van der Waals surface area contributed by atoms with Gasteiger partial charge in [0.15, 0.2) is 0 Å². The maximum absolute atomic E-state index is 13.0. The predicted octanol–water partition coefficient (Wildman–Crippen LogP) is 4.03. The van der Waals surface area contributed by atoms with Crippen LogP contribution < -0.4 is 4.74 Å². The fourth-order valence-electron chi connectivity index (χ4n) is 2.57. The molecule has 1 fully saturated rings. The van der Waals surface area contributed by atoms with Crippen molar-refractivity contribution in [3.8, 4) is 5.75 Å². The standard InChI is InChI=1S/C19H20FNO2/c1-2-23-18-11-5-15(6-12-18)19(22)21(17-9-10-17)13-14-3-7-16(20)8-4-14/h3-8,11-12,17H,2,9-10,13H2,1H3. The zero-order valence-corrected chi connectivity index (χ0v) is 13.2. The van der Waals surface area contributed by atoms with Gasteiger partial charge >= 0.3 is 0 Å². The summed E-state index contributed by atoms with van der Waals surface area (Å²) in [5.41, 5.74) is 1.60. The third-order valence-electron chi connectivity index (χ3n) is 3.93. The topological polar surface area (TPSA) is 29.5 Å². The van der Waals surface area contributed by atoms with Crippen molar-refractivity contribution in [2.24, 2.45) is 0 Å². The quantitative estimate of drug-likeness (QED) is 0.806. The largest absolute Gasteiger partial charge is 0.494 e. The number of benzene rings is 2. The smallest absolute Gasteiger partial charge is 0.254 e. The molecule has 3 rings (SSSR count). The average Bonchev–Trinajstić information content (AvgIpc) is 3.40. The van der Waals surface area contributed by atoms with E-state index < -0.39 is 0 Å². The Labute approximate surface area is 135 Å². The van der Waals surface area contributed by atoms with Gasteiger partial charge in [0, 0.05) is 18.2 Å². The van der Waals surface area contributed by atoms with Crippen LogP contribution in [0.15, 0.2) is 48.5 Å². The Morgan fingerprint density at radius 2 is 1.78 bits per heavy atom. The number of hydrogen-bond donors (Lipinski definition) is 0. The van der Waals surface area contributed by atoms with Crippen molar-refractivity contribution in [1.82, 2.24) is 4.90 Å². The van der Waals surface area contributed by atoms with Crippen LogP contribution in [-0.2, 0) is 6.54 Å². The summed E-state index contributed by atoms with van der Waals surface area (Å²) in [6.07, 6.45) is 2.06. The van der Waals surface area contributed by atoms with E-state index in [0.717, 1.165) is 24.2 Å². The minimum Gasteiger partial charge on any atom is -0.494 e. The minimum atomic E-state index is -0.260. The number of carbonyl (C=O) groups excluding carboxylic acids is 1. The molecule has 0 aromatic heterocycles. The van der Waals surface area contributed by atoms with E-state index in [-0.39, 0.29) is 11.7 Å². The van der Waals surface area contributed by atoms with Gasteiger partial charge in [-0.3, -0.25) is 4.79 Å². The van der Waals surface area contributed by atoms with E-state index in [2.05, 4.69) is 0 Å². The van der Waals surface area contributed by atoms with E-state index in [1.165, 1.54) is 12.1 Å². The van der Waals surface area contributed by atoms with Crippen molar-refractivity contribution in [2.45, 2.75) is 32.4 Å². The van der Waals surface area contributed by atoms with E-state index in [0.29, 0.717) is 24.8 Å². The summed E-state index contributed by atoms with van der Waals surface area (Å²) in [4.78, 5) is 14.7. The lowest BCUT2D eigenvalue weighted by molar-refractivity contribution is 0.0730. The first kappa shape index (κ1) is 15.5. The monoisotopic (exact) mass is 313 g/mol. The van der Waals surface area contributed by atoms with Crippen LogP contribution in [0, 0.1) is 5.82 Å². The summed E-state index contributed by atoms with van der Waals surface area (Å²) >= 11 is 0. The number of amides is 1. The van der Waals surface area contributed by atoms with Gasteiger partial charge in [-0.1, -0.05) is 12.1 Å². The van der Waals surface area contributed by atoms with Gasteiger partial charge in [0.1, 0.15) is 11.6 Å². The first-order valence-corrected chi connectivity index (χ1v) is 7.95. The van der Waals surface area contributed by atoms with E-state index in [9.17, 15) is 9.18 Å². The number of halogens is 1. The second-order valence-electron chi connectivity index (χ2n) is 5.75. The Morgan fingerprint density at radius 1 is 1.13 bits per heavy atom. The van der Waals surface area contributed by atoms with Gasteiger partial charge in [-0.25, -0.2) is 4.39 Å². The minimum absolute atomic E-state index is 0.0138. The van der Waals surface area contributed by atoms with Crippen molar-refractivity contribution in [2.75, 3.05) is 6.61 Å². The molecule has 0 unspecified atom stereocenters. The van der Waals surface area contributed by atoms with Crippen LogP contribution in [0.4, 0.5) is 4.39 Å². The second kappa shape index (κ2) is 6.82. The summed E-state index contributed by atoms with van der Waals surface area (Å²) in [5, 5.41) is 0. The molecule has 1 saturated carbocycles. The molecule has 1 amide bonds. The van der Waals surface area contributed by atoms with E-state index >= 15 is 0 Å². The summed E-state index contributed by atoms with van der Waals surface area (Å²) in [7, 11) is 0. The summed E-state index contributed by atoms with van der Waals surface area (Å²) in [5.74, 6) is 0.519. The molecule has 120 valence electrons. The Kier molecular flexibility index (Phi) is 4.60. The average molecular weight is 313 g/mol. The van der Waals surface area contributed by atoms with Crippen LogP contribution in [0.2, 0.25) is 0 Å². The van der Waals surface area contributed by atoms with Crippen molar-refractivity contribution < 1.29 is 13.9 Å². The number of hydrogen-bond acceptors (Lipinski definition) is 2. The summed E-state index contributed by atoms with van der Waals surface area (Å²) in [6.45, 7) is 3.04. The van der Waals surface area contributed by atoms with Crippen molar-refractivity contribution in [3.05, 3.63) is 65.5 Å². The fraction of sp³-hybridized carbons (Fsp3) is 0.316. The highest BCUT2D eigenvalue weighted by molar-refractivity contribution is 5.94. The third-order valence-corrected chi connectivity index (χ3v) is 3.93. The molecule has 3 nitrogen and oxygen atoms in total. The molecule has 4 heteroatoms. The maximum Gasteiger partial charge on any atom is 0.254 e. The highest BCUT2D eigenvalue weighted by atomic mass is 19.1. The Morgan fingerprint density at radius 3 is 2.35 bits per heavy atom. The Balaban J connectivity index is 1.74. The fourth-order valence-corrected chi connectivity index (χ4v) is 2.57. The van der Waals surface area contributed by atoms with Crippen LogP contribution in [0.25, 0.3) is 0 Å². The molecule has 0 atom stereocenters. The Bertz CT molecular complexity index is 663. The first-order valence-electron chi connectivity index (χ1n) is 7.95. The molecule has 1 aliphatic carbocycles. The molecule has 1 aliphatic rings. The number of rotatable bonds is 6. The van der Waals surface area contributed by atoms with Crippen molar-refractivity contribution in [3.63, 3.8) is 0 Å². The van der Waals surface area contributed by atoms with Crippen LogP contribution in [0.1, 0.15) is 35.7 Å². The van der Waals surface area contributed by atoms with Gasteiger partial charge < -0.3 is 9.64 Å². The molecule has 0 bridgehead atoms. The first-order chi connectivity index (χ1) is 11.2. The highest BCUT2D eigenvalue weighted by Crippen LogP contribution is 2.30. The number of carbonyl (C=O) groups is 1. The molecule has 0 aliphatic heterocycles. The van der Waals surface area contributed by atoms with E-state index in [4.69, 9.17) is 4.74 Å². The molecular weight excluding hydrogens is 293 g/mol. The van der Waals surface area contributed by atoms with Crippen molar-refractivity contribution >= 4 is 5.91 Å². The lowest BCUT2D eigenvalue weighted by atomic mass is 10.1. The van der Waals surface area contributed by atoms with Gasteiger partial charge in [-0.2, -0.15) is 0 Å². The molecule has 23 heavy (non-hydrogen) atoms. The van der Waals surface area contributed by atoms with Crippen LogP contribution >= 0.6 is 0 Å². The SMILES string of the molecule is CCOc1ccc(C(=O)N(Cc2ccc(F)cc2)C2CC2)cc1. The maximum atomic E-state index is 13.0. The van der Waals surface area contributed by atoms with E-state index in [1.807, 2.05) is 24.0 Å². The Hall–Kier alpha value is -2.36. The molecule has 0 radical (unpaired) electrons. The van der Waals surface area contributed by atoms with Gasteiger partial charge in [0.2, 0.25) is 0 Å². The summed E-state index contributed by atoms with van der Waals surface area (Å²) < 4.78 is 18.4. The molecule has 2 aromatic rings. The van der Waals surface area contributed by atoms with Crippen LogP contribution in [-0.4, -0.2) is 23.5 Å². The molecule has 0 N–H and O–H groups in total. The third kappa shape index (κ3) is 3.89. The van der Waals surface area contributed by atoms with E-state index in [1.54, 1.807) is 24.3 Å². The summed E-state index contributed by atoms with van der Waals surface area (Å²) in [6, 6.07) is 13.9. The zero-order valence-electron chi connectivity index (χ0n) is 13.2. The number of nitrogens with zero attached hydrogens (tertiary/aromatic N) is 1. The second-order valence-corrected chi connectivity index (χ2v) is 5.75. The van der Waals surface area contributed by atoms with Gasteiger partial charge in [0.25, 0.3) is 5.91 Å². The molecular formula is C19H20FNO2. The van der Waals surface area contributed by atoms with Gasteiger partial charge in [0.05, 0.1) is 6.61 Å². The molecule has 0 heterocycles.